The van der Waals surface area contributed by atoms with Crippen LogP contribution >= 0.6 is 31.9 Å². The number of nitrogens with zero attached hydrogens (tertiary/aromatic N) is 1. The first-order valence-corrected chi connectivity index (χ1v) is 9.59. The second-order valence-electron chi connectivity index (χ2n) is 6.58. The molecule has 0 amide bonds. The van der Waals surface area contributed by atoms with E-state index in [1.54, 1.807) is 4.90 Å². The summed E-state index contributed by atoms with van der Waals surface area (Å²) < 4.78 is 2.34. The fraction of sp³-hybridized carbons (Fsp3) is 0.368. The molecule has 0 bridgehead atoms. The van der Waals surface area contributed by atoms with E-state index in [9.17, 15) is 0 Å². The van der Waals surface area contributed by atoms with Gasteiger partial charge >= 0.3 is 0 Å². The van der Waals surface area contributed by atoms with Gasteiger partial charge < -0.3 is 4.90 Å². The lowest BCUT2D eigenvalue weighted by molar-refractivity contribution is -0.817. The van der Waals surface area contributed by atoms with Crippen molar-refractivity contribution >= 4 is 43.2 Å². The number of rotatable bonds is 2. The molecular formula is C19H23Br2N2+. The van der Waals surface area contributed by atoms with Crippen molar-refractivity contribution in [3.8, 4) is 0 Å². The van der Waals surface area contributed by atoms with Crippen LogP contribution in [-0.4, -0.2) is 19.8 Å². The Morgan fingerprint density at radius 1 is 0.826 bits per heavy atom. The van der Waals surface area contributed by atoms with Gasteiger partial charge in [0, 0.05) is 25.8 Å². The van der Waals surface area contributed by atoms with Crippen LogP contribution in [0.2, 0.25) is 0 Å². The fourth-order valence-corrected chi connectivity index (χ4v) is 5.30. The summed E-state index contributed by atoms with van der Waals surface area (Å²) in [4.78, 5) is 4.10. The molecule has 1 saturated heterocycles. The van der Waals surface area contributed by atoms with E-state index in [0.717, 1.165) is 19.8 Å². The zero-order valence-electron chi connectivity index (χ0n) is 14.1. The average molecular weight is 439 g/mol. The van der Waals surface area contributed by atoms with Crippen LogP contribution in [-0.2, 0) is 0 Å². The number of hydrogen-bond acceptors (Lipinski definition) is 1. The largest absolute Gasteiger partial charge is 0.319 e. The number of benzene rings is 2. The Morgan fingerprint density at radius 2 is 1.30 bits per heavy atom. The highest BCUT2D eigenvalue weighted by atomic mass is 79.9. The van der Waals surface area contributed by atoms with Crippen LogP contribution in [0, 0.1) is 27.7 Å². The lowest BCUT2D eigenvalue weighted by atomic mass is 10.1. The van der Waals surface area contributed by atoms with Gasteiger partial charge in [0.15, 0.2) is 6.67 Å². The summed E-state index contributed by atoms with van der Waals surface area (Å²) in [6, 6.07) is 8.90. The molecule has 23 heavy (non-hydrogen) atoms. The maximum Gasteiger partial charge on any atom is 0.157 e. The lowest BCUT2D eigenvalue weighted by Crippen LogP contribution is -3.06. The Bertz CT molecular complexity index is 646. The van der Waals surface area contributed by atoms with Gasteiger partial charge in [-0.1, -0.05) is 31.9 Å². The van der Waals surface area contributed by atoms with Crippen molar-refractivity contribution in [3.05, 3.63) is 55.5 Å². The van der Waals surface area contributed by atoms with Crippen molar-refractivity contribution < 1.29 is 4.90 Å². The van der Waals surface area contributed by atoms with E-state index in [-0.39, 0.29) is 0 Å². The molecule has 1 atom stereocenters. The topological polar surface area (TPSA) is 7.68 Å². The molecule has 3 rings (SSSR count). The Kier molecular flexibility index (Phi) is 4.86. The highest BCUT2D eigenvalue weighted by molar-refractivity contribution is 9.10. The van der Waals surface area contributed by atoms with Gasteiger partial charge in [-0.05, 0) is 63.1 Å². The summed E-state index contributed by atoms with van der Waals surface area (Å²) in [5.74, 6) is 0. The van der Waals surface area contributed by atoms with Gasteiger partial charge in [-0.3, -0.25) is 4.90 Å². The fourth-order valence-electron chi connectivity index (χ4n) is 3.92. The third-order valence-corrected chi connectivity index (χ3v) is 5.60. The summed E-state index contributed by atoms with van der Waals surface area (Å²) in [6.07, 6.45) is 0. The molecule has 1 fully saturated rings. The quantitative estimate of drug-likeness (QED) is 0.728. The number of quaternary nitrogens is 1. The van der Waals surface area contributed by atoms with Crippen LogP contribution in [0.1, 0.15) is 22.3 Å². The highest BCUT2D eigenvalue weighted by Crippen LogP contribution is 2.29. The van der Waals surface area contributed by atoms with Crippen LogP contribution in [0.15, 0.2) is 33.2 Å². The summed E-state index contributed by atoms with van der Waals surface area (Å²) in [5.41, 5.74) is 8.31. The van der Waals surface area contributed by atoms with Crippen LogP contribution in [0.3, 0.4) is 0 Å². The minimum absolute atomic E-state index is 1.03. The highest BCUT2D eigenvalue weighted by Gasteiger charge is 2.29. The zero-order chi connectivity index (χ0) is 16.7. The minimum Gasteiger partial charge on any atom is -0.319 e. The average Bonchev–Trinajstić information content (AvgIpc) is 2.85. The molecule has 2 aromatic carbocycles. The molecule has 2 aromatic rings. The molecular weight excluding hydrogens is 416 g/mol. The first kappa shape index (κ1) is 17.0. The van der Waals surface area contributed by atoms with E-state index < -0.39 is 0 Å². The predicted molar refractivity (Wildman–Crippen MR) is 105 cm³/mol. The van der Waals surface area contributed by atoms with Crippen molar-refractivity contribution in [2.45, 2.75) is 27.7 Å². The molecule has 0 aromatic heterocycles. The number of halogens is 2. The van der Waals surface area contributed by atoms with Gasteiger partial charge in [-0.15, -0.1) is 0 Å². The number of hydrogen-bond donors (Lipinski definition) is 1. The molecule has 2 nitrogen and oxygen atoms in total. The zero-order valence-corrected chi connectivity index (χ0v) is 17.3. The van der Waals surface area contributed by atoms with E-state index in [2.05, 4.69) is 88.7 Å². The number of aryl methyl sites for hydroxylation is 4. The molecule has 1 aliphatic rings. The number of nitrogens with one attached hydrogen (secondary N) is 1. The number of anilines is 1. The summed E-state index contributed by atoms with van der Waals surface area (Å²) in [7, 11) is 0. The van der Waals surface area contributed by atoms with Gasteiger partial charge in [0.05, 0.1) is 6.54 Å². The van der Waals surface area contributed by atoms with Gasteiger partial charge in [0.2, 0.25) is 0 Å². The van der Waals surface area contributed by atoms with E-state index in [4.69, 9.17) is 0 Å². The molecule has 0 aliphatic carbocycles. The van der Waals surface area contributed by atoms with Gasteiger partial charge in [-0.25, -0.2) is 0 Å². The van der Waals surface area contributed by atoms with Gasteiger partial charge in [-0.2, -0.15) is 0 Å². The van der Waals surface area contributed by atoms with E-state index >= 15 is 0 Å². The summed E-state index contributed by atoms with van der Waals surface area (Å²) in [6.45, 7) is 12.2. The SMILES string of the molecule is Cc1cc(Br)cc(C)c1N1CC[NH+](c2c(C)cc(Br)cc2C)C1. The molecule has 4 heteroatoms. The second kappa shape index (κ2) is 6.58. The Morgan fingerprint density at radius 3 is 1.83 bits per heavy atom. The van der Waals surface area contributed by atoms with Crippen molar-refractivity contribution in [2.75, 3.05) is 24.7 Å². The van der Waals surface area contributed by atoms with Crippen molar-refractivity contribution in [1.29, 1.82) is 0 Å². The second-order valence-corrected chi connectivity index (χ2v) is 8.41. The molecule has 0 saturated carbocycles. The van der Waals surface area contributed by atoms with Gasteiger partial charge in [0.1, 0.15) is 12.2 Å². The Labute approximate surface area is 155 Å². The monoisotopic (exact) mass is 437 g/mol. The maximum absolute atomic E-state index is 3.61. The Hall–Kier alpha value is -0.840. The maximum atomic E-state index is 3.61. The van der Waals surface area contributed by atoms with Crippen molar-refractivity contribution in [3.63, 3.8) is 0 Å². The minimum atomic E-state index is 1.03. The first-order valence-electron chi connectivity index (χ1n) is 8.00. The van der Waals surface area contributed by atoms with Crippen LogP contribution < -0.4 is 9.80 Å². The Balaban J connectivity index is 1.91. The molecule has 1 heterocycles. The normalized spacial score (nSPS) is 17.8. The van der Waals surface area contributed by atoms with E-state index in [1.807, 2.05) is 0 Å². The first-order chi connectivity index (χ1) is 10.9. The van der Waals surface area contributed by atoms with Crippen molar-refractivity contribution in [2.24, 2.45) is 0 Å². The molecule has 122 valence electrons. The molecule has 0 spiro atoms. The standard InChI is InChI=1S/C19H22Br2N2/c1-12-7-16(20)8-13(2)18(12)22-5-6-23(11-22)19-14(3)9-17(21)10-15(19)4/h7-10H,5-6,11H2,1-4H3/p+1. The molecule has 1 N–H and O–H groups in total. The van der Waals surface area contributed by atoms with E-state index in [1.165, 1.54) is 42.6 Å². The molecule has 1 unspecified atom stereocenters. The summed E-state index contributed by atoms with van der Waals surface area (Å²) >= 11 is 7.21. The summed E-state index contributed by atoms with van der Waals surface area (Å²) in [5, 5.41) is 0. The molecule has 0 radical (unpaired) electrons. The molecule has 1 aliphatic heterocycles. The predicted octanol–water partition coefficient (Wildman–Crippen LogP) is 4.44. The third-order valence-electron chi connectivity index (χ3n) is 4.69. The smallest absolute Gasteiger partial charge is 0.157 e. The van der Waals surface area contributed by atoms with Crippen molar-refractivity contribution in [1.82, 2.24) is 0 Å². The third kappa shape index (κ3) is 3.35. The van der Waals surface area contributed by atoms with Crippen LogP contribution in [0.25, 0.3) is 0 Å². The van der Waals surface area contributed by atoms with Crippen LogP contribution in [0.5, 0.6) is 0 Å². The lowest BCUT2D eigenvalue weighted by Gasteiger charge is -2.22. The van der Waals surface area contributed by atoms with E-state index in [0.29, 0.717) is 0 Å². The van der Waals surface area contributed by atoms with Gasteiger partial charge in [0.25, 0.3) is 0 Å². The van der Waals surface area contributed by atoms with Crippen LogP contribution in [0.4, 0.5) is 11.4 Å².